The van der Waals surface area contributed by atoms with Gasteiger partial charge in [-0.1, -0.05) is 5.21 Å². The Labute approximate surface area is 112 Å². The van der Waals surface area contributed by atoms with E-state index in [2.05, 4.69) is 43.0 Å². The fourth-order valence-electron chi connectivity index (χ4n) is 1.62. The maximum absolute atomic E-state index is 4.17. The van der Waals surface area contributed by atoms with E-state index >= 15 is 0 Å². The summed E-state index contributed by atoms with van der Waals surface area (Å²) in [6.45, 7) is 1.62. The predicted octanol–water partition coefficient (Wildman–Crippen LogP) is 2.40. The molecule has 0 aliphatic heterocycles. The second-order valence-electron chi connectivity index (χ2n) is 4.25. The lowest BCUT2D eigenvalue weighted by atomic mass is 10.4. The second kappa shape index (κ2) is 4.88. The van der Waals surface area contributed by atoms with Gasteiger partial charge in [0.15, 0.2) is 0 Å². The number of halogens is 1. The lowest BCUT2D eigenvalue weighted by molar-refractivity contribution is 0.650. The van der Waals surface area contributed by atoms with Crippen molar-refractivity contribution in [2.75, 3.05) is 0 Å². The van der Waals surface area contributed by atoms with E-state index in [1.54, 1.807) is 11.3 Å². The first kappa shape index (κ1) is 11.4. The molecule has 1 aliphatic carbocycles. The van der Waals surface area contributed by atoms with Crippen LogP contribution in [0, 0.1) is 0 Å². The zero-order valence-corrected chi connectivity index (χ0v) is 11.7. The van der Waals surface area contributed by atoms with Crippen LogP contribution in [0.1, 0.15) is 23.4 Å². The van der Waals surface area contributed by atoms with Crippen LogP contribution < -0.4 is 5.32 Å². The Morgan fingerprint density at radius 1 is 1.53 bits per heavy atom. The Balaban J connectivity index is 1.61. The summed E-state index contributed by atoms with van der Waals surface area (Å²) in [5, 5.41) is 13.8. The minimum absolute atomic E-state index is 0.714. The normalized spacial score (nSPS) is 15.4. The van der Waals surface area contributed by atoms with Gasteiger partial charge >= 0.3 is 0 Å². The molecule has 1 N–H and O–H groups in total. The molecule has 0 spiro atoms. The van der Waals surface area contributed by atoms with Crippen molar-refractivity contribution >= 4 is 27.3 Å². The van der Waals surface area contributed by atoms with Gasteiger partial charge in [0, 0.05) is 21.9 Å². The van der Waals surface area contributed by atoms with Gasteiger partial charge in [0.05, 0.1) is 18.4 Å². The van der Waals surface area contributed by atoms with Gasteiger partial charge in [-0.3, -0.25) is 0 Å². The highest BCUT2D eigenvalue weighted by atomic mass is 79.9. The van der Waals surface area contributed by atoms with Gasteiger partial charge in [-0.15, -0.1) is 16.4 Å². The number of hydrogen-bond donors (Lipinski definition) is 1. The Morgan fingerprint density at radius 3 is 3.12 bits per heavy atom. The fourth-order valence-corrected chi connectivity index (χ4v) is 3.09. The second-order valence-corrected chi connectivity index (χ2v) is 6.11. The van der Waals surface area contributed by atoms with Gasteiger partial charge in [-0.25, -0.2) is 4.68 Å². The molecule has 2 aromatic rings. The van der Waals surface area contributed by atoms with Crippen molar-refractivity contribution in [2.24, 2.45) is 0 Å². The Bertz CT molecular complexity index is 503. The summed E-state index contributed by atoms with van der Waals surface area (Å²) in [5.41, 5.74) is 1.02. The van der Waals surface area contributed by atoms with E-state index in [-0.39, 0.29) is 0 Å². The summed E-state index contributed by atoms with van der Waals surface area (Å²) in [5.74, 6) is 0. The molecule has 1 aliphatic rings. The van der Waals surface area contributed by atoms with E-state index in [4.69, 9.17) is 0 Å². The summed E-state index contributed by atoms with van der Waals surface area (Å²) >= 11 is 5.26. The van der Waals surface area contributed by atoms with Gasteiger partial charge in [-0.05, 0) is 40.2 Å². The highest BCUT2D eigenvalue weighted by Crippen LogP contribution is 2.23. The first-order chi connectivity index (χ1) is 8.31. The number of aromatic nitrogens is 3. The highest BCUT2D eigenvalue weighted by Gasteiger charge is 2.20. The average Bonchev–Trinajstić information content (AvgIpc) is 2.92. The number of thiophene rings is 1. The molecule has 0 amide bonds. The van der Waals surface area contributed by atoms with E-state index in [1.165, 1.54) is 17.7 Å². The van der Waals surface area contributed by atoms with Crippen LogP contribution in [-0.4, -0.2) is 21.0 Å². The van der Waals surface area contributed by atoms with Crippen molar-refractivity contribution in [1.29, 1.82) is 0 Å². The molecule has 4 nitrogen and oxygen atoms in total. The van der Waals surface area contributed by atoms with E-state index in [0.717, 1.165) is 23.3 Å². The lowest BCUT2D eigenvalue weighted by Crippen LogP contribution is -2.15. The van der Waals surface area contributed by atoms with Crippen LogP contribution in [0.15, 0.2) is 22.1 Å². The van der Waals surface area contributed by atoms with Crippen LogP contribution in [0.5, 0.6) is 0 Å². The third kappa shape index (κ3) is 2.94. The zero-order chi connectivity index (χ0) is 11.7. The standard InChI is InChI=1S/C11H13BrN4S/c12-10-3-4-17-11(10)7-16-6-9(14-15-16)5-13-8-1-2-8/h3-4,6,8,13H,1-2,5,7H2. The number of hydrogen-bond acceptors (Lipinski definition) is 4. The van der Waals surface area contributed by atoms with Crippen molar-refractivity contribution in [1.82, 2.24) is 20.3 Å². The summed E-state index contributed by atoms with van der Waals surface area (Å²) in [7, 11) is 0. The smallest absolute Gasteiger partial charge is 0.0965 e. The Morgan fingerprint density at radius 2 is 2.41 bits per heavy atom. The molecule has 0 unspecified atom stereocenters. The van der Waals surface area contributed by atoms with Crippen LogP contribution in [-0.2, 0) is 13.1 Å². The highest BCUT2D eigenvalue weighted by molar-refractivity contribution is 9.10. The quantitative estimate of drug-likeness (QED) is 0.922. The monoisotopic (exact) mass is 312 g/mol. The van der Waals surface area contributed by atoms with Crippen molar-refractivity contribution in [3.05, 3.63) is 32.7 Å². The molecule has 17 heavy (non-hydrogen) atoms. The van der Waals surface area contributed by atoms with Gasteiger partial charge in [0.25, 0.3) is 0 Å². The minimum atomic E-state index is 0.714. The molecule has 2 heterocycles. The minimum Gasteiger partial charge on any atom is -0.308 e. The topological polar surface area (TPSA) is 42.7 Å². The largest absolute Gasteiger partial charge is 0.308 e. The molecule has 0 radical (unpaired) electrons. The fraction of sp³-hybridized carbons (Fsp3) is 0.455. The number of nitrogens with zero attached hydrogens (tertiary/aromatic N) is 3. The zero-order valence-electron chi connectivity index (χ0n) is 9.27. The molecule has 1 saturated carbocycles. The molecule has 90 valence electrons. The molecule has 0 aromatic carbocycles. The predicted molar refractivity (Wildman–Crippen MR) is 71.0 cm³/mol. The first-order valence-corrected chi connectivity index (χ1v) is 7.33. The third-order valence-corrected chi connectivity index (χ3v) is 4.64. The van der Waals surface area contributed by atoms with Crippen molar-refractivity contribution in [3.63, 3.8) is 0 Å². The van der Waals surface area contributed by atoms with Gasteiger partial charge < -0.3 is 5.32 Å². The van der Waals surface area contributed by atoms with Crippen LogP contribution in [0.4, 0.5) is 0 Å². The molecule has 0 bridgehead atoms. The molecule has 3 rings (SSSR count). The van der Waals surface area contributed by atoms with E-state index in [9.17, 15) is 0 Å². The SMILES string of the molecule is Brc1ccsc1Cn1cc(CNC2CC2)nn1. The summed E-state index contributed by atoms with van der Waals surface area (Å²) < 4.78 is 3.04. The molecule has 1 fully saturated rings. The van der Waals surface area contributed by atoms with Gasteiger partial charge in [0.2, 0.25) is 0 Å². The first-order valence-electron chi connectivity index (χ1n) is 5.65. The average molecular weight is 313 g/mol. The van der Waals surface area contributed by atoms with E-state index in [1.807, 2.05) is 10.9 Å². The summed E-state index contributed by atoms with van der Waals surface area (Å²) in [4.78, 5) is 1.27. The van der Waals surface area contributed by atoms with Crippen molar-refractivity contribution < 1.29 is 0 Å². The molecule has 0 saturated heterocycles. The van der Waals surface area contributed by atoms with Crippen molar-refractivity contribution in [3.8, 4) is 0 Å². The maximum Gasteiger partial charge on any atom is 0.0965 e. The van der Waals surface area contributed by atoms with E-state index < -0.39 is 0 Å². The molecule has 2 aromatic heterocycles. The lowest BCUT2D eigenvalue weighted by Gasteiger charge is -1.98. The van der Waals surface area contributed by atoms with Gasteiger partial charge in [0.1, 0.15) is 0 Å². The Hall–Kier alpha value is -0.720. The van der Waals surface area contributed by atoms with Crippen LogP contribution in [0.3, 0.4) is 0 Å². The van der Waals surface area contributed by atoms with Crippen molar-refractivity contribution in [2.45, 2.75) is 32.0 Å². The van der Waals surface area contributed by atoms with Crippen LogP contribution >= 0.6 is 27.3 Å². The number of rotatable bonds is 5. The summed E-state index contributed by atoms with van der Waals surface area (Å²) in [6.07, 6.45) is 4.62. The van der Waals surface area contributed by atoms with Crippen LogP contribution in [0.25, 0.3) is 0 Å². The third-order valence-electron chi connectivity index (χ3n) is 2.73. The maximum atomic E-state index is 4.17. The van der Waals surface area contributed by atoms with Crippen LogP contribution in [0.2, 0.25) is 0 Å². The Kier molecular flexibility index (Phi) is 3.26. The molecular weight excluding hydrogens is 300 g/mol. The molecular formula is C11H13BrN4S. The number of nitrogens with one attached hydrogen (secondary N) is 1. The van der Waals surface area contributed by atoms with Gasteiger partial charge in [-0.2, -0.15) is 0 Å². The van der Waals surface area contributed by atoms with E-state index in [0.29, 0.717) is 6.04 Å². The molecule has 0 atom stereocenters. The molecule has 6 heteroatoms. The summed E-state index contributed by atoms with van der Waals surface area (Å²) in [6, 6.07) is 2.78.